The Morgan fingerprint density at radius 1 is 1.62 bits per heavy atom. The molecule has 0 radical (unpaired) electrons. The lowest BCUT2D eigenvalue weighted by Gasteiger charge is -2.16. The maximum atomic E-state index is 5.48. The minimum Gasteiger partial charge on any atom is -0.380 e. The molecule has 0 aliphatic carbocycles. The van der Waals surface area contributed by atoms with E-state index < -0.39 is 0 Å². The van der Waals surface area contributed by atoms with E-state index in [9.17, 15) is 0 Å². The van der Waals surface area contributed by atoms with Crippen molar-refractivity contribution < 1.29 is 9.47 Å². The number of methoxy groups -OCH3 is 1. The predicted molar refractivity (Wildman–Crippen MR) is 52.9 cm³/mol. The van der Waals surface area contributed by atoms with Gasteiger partial charge in [0.25, 0.3) is 0 Å². The quantitative estimate of drug-likeness (QED) is 0.697. The average molecular weight is 187 g/mol. The molecule has 3 nitrogen and oxygen atoms in total. The van der Waals surface area contributed by atoms with E-state index in [0.29, 0.717) is 18.1 Å². The van der Waals surface area contributed by atoms with E-state index in [-0.39, 0.29) is 0 Å². The zero-order valence-electron chi connectivity index (χ0n) is 8.88. The minimum absolute atomic E-state index is 0.303. The highest BCUT2D eigenvalue weighted by Crippen LogP contribution is 2.19. The molecule has 3 atom stereocenters. The average Bonchev–Trinajstić information content (AvgIpc) is 2.52. The highest BCUT2D eigenvalue weighted by Gasteiger charge is 2.23. The van der Waals surface area contributed by atoms with Gasteiger partial charge in [0, 0.05) is 26.8 Å². The summed E-state index contributed by atoms with van der Waals surface area (Å²) in [6.45, 7) is 7.13. The first-order chi connectivity index (χ1) is 6.24. The third-order valence-corrected chi connectivity index (χ3v) is 2.77. The zero-order chi connectivity index (χ0) is 9.68. The van der Waals surface area contributed by atoms with E-state index in [2.05, 4.69) is 19.2 Å². The summed E-state index contributed by atoms with van der Waals surface area (Å²) < 4.78 is 10.6. The third kappa shape index (κ3) is 3.63. The molecule has 0 aromatic heterocycles. The van der Waals surface area contributed by atoms with Crippen LogP contribution in [0.4, 0.5) is 0 Å². The fraction of sp³-hybridized carbons (Fsp3) is 1.00. The summed E-state index contributed by atoms with van der Waals surface area (Å²) in [6, 6.07) is 0. The van der Waals surface area contributed by atoms with Crippen molar-refractivity contribution >= 4 is 0 Å². The minimum atomic E-state index is 0.303. The van der Waals surface area contributed by atoms with Crippen molar-refractivity contribution in [1.29, 1.82) is 0 Å². The Morgan fingerprint density at radius 3 is 2.92 bits per heavy atom. The number of ether oxygens (including phenoxy) is 2. The number of hydrogen-bond donors (Lipinski definition) is 1. The monoisotopic (exact) mass is 187 g/mol. The van der Waals surface area contributed by atoms with Gasteiger partial charge in [0.05, 0.1) is 12.2 Å². The molecule has 1 fully saturated rings. The second-order valence-corrected chi connectivity index (χ2v) is 3.83. The molecule has 1 rings (SSSR count). The van der Waals surface area contributed by atoms with E-state index in [1.807, 2.05) is 0 Å². The Bertz CT molecular complexity index is 141. The molecule has 13 heavy (non-hydrogen) atoms. The van der Waals surface area contributed by atoms with Crippen molar-refractivity contribution in [2.24, 2.45) is 5.92 Å². The summed E-state index contributed by atoms with van der Waals surface area (Å²) >= 11 is 0. The molecular formula is C10H21NO2. The Kier molecular flexibility index (Phi) is 4.70. The fourth-order valence-electron chi connectivity index (χ4n) is 1.60. The Balaban J connectivity index is 2.05. The summed E-state index contributed by atoms with van der Waals surface area (Å²) in [5.74, 6) is 0.684. The molecule has 0 bridgehead atoms. The van der Waals surface area contributed by atoms with Crippen LogP contribution in [0.5, 0.6) is 0 Å². The molecule has 1 aliphatic heterocycles. The number of hydrogen-bond acceptors (Lipinski definition) is 3. The highest BCUT2D eigenvalue weighted by atomic mass is 16.5. The standard InChI is InChI=1S/C10H21NO2/c1-8(12-3)6-11-7-10-4-5-13-9(10)2/h8-11H,4-7H2,1-3H3. The summed E-state index contributed by atoms with van der Waals surface area (Å²) in [7, 11) is 1.74. The number of nitrogens with one attached hydrogen (secondary N) is 1. The topological polar surface area (TPSA) is 30.5 Å². The lowest BCUT2D eigenvalue weighted by Crippen LogP contribution is -2.32. The summed E-state index contributed by atoms with van der Waals surface area (Å²) in [4.78, 5) is 0. The summed E-state index contributed by atoms with van der Waals surface area (Å²) in [6.07, 6.45) is 1.91. The first kappa shape index (κ1) is 11.0. The molecule has 3 unspecified atom stereocenters. The van der Waals surface area contributed by atoms with E-state index >= 15 is 0 Å². The zero-order valence-corrected chi connectivity index (χ0v) is 8.88. The van der Waals surface area contributed by atoms with Crippen LogP contribution in [-0.4, -0.2) is 39.0 Å². The molecule has 0 amide bonds. The van der Waals surface area contributed by atoms with Crippen LogP contribution in [0.3, 0.4) is 0 Å². The van der Waals surface area contributed by atoms with E-state index in [0.717, 1.165) is 19.7 Å². The first-order valence-corrected chi connectivity index (χ1v) is 5.09. The molecule has 78 valence electrons. The molecule has 1 aliphatic rings. The maximum Gasteiger partial charge on any atom is 0.0667 e. The molecule has 0 saturated carbocycles. The second-order valence-electron chi connectivity index (χ2n) is 3.83. The SMILES string of the molecule is COC(C)CNCC1CCOC1C. The third-order valence-electron chi connectivity index (χ3n) is 2.77. The lowest BCUT2D eigenvalue weighted by atomic mass is 10.0. The summed E-state index contributed by atoms with van der Waals surface area (Å²) in [5, 5.41) is 3.40. The van der Waals surface area contributed by atoms with E-state index in [1.54, 1.807) is 7.11 Å². The van der Waals surface area contributed by atoms with Crippen LogP contribution in [0, 0.1) is 5.92 Å². The Morgan fingerprint density at radius 2 is 2.38 bits per heavy atom. The second kappa shape index (κ2) is 5.58. The lowest BCUT2D eigenvalue weighted by molar-refractivity contribution is 0.0986. The van der Waals surface area contributed by atoms with Crippen molar-refractivity contribution in [3.8, 4) is 0 Å². The van der Waals surface area contributed by atoms with Crippen LogP contribution in [0.15, 0.2) is 0 Å². The first-order valence-electron chi connectivity index (χ1n) is 5.09. The molecule has 3 heteroatoms. The van der Waals surface area contributed by atoms with E-state index in [1.165, 1.54) is 6.42 Å². The van der Waals surface area contributed by atoms with Gasteiger partial charge in [-0.2, -0.15) is 0 Å². The van der Waals surface area contributed by atoms with Gasteiger partial charge in [-0.15, -0.1) is 0 Å². The van der Waals surface area contributed by atoms with Gasteiger partial charge in [-0.25, -0.2) is 0 Å². The van der Waals surface area contributed by atoms with Gasteiger partial charge in [0.1, 0.15) is 0 Å². The van der Waals surface area contributed by atoms with Crippen molar-refractivity contribution in [2.45, 2.75) is 32.5 Å². The highest BCUT2D eigenvalue weighted by molar-refractivity contribution is 4.74. The molecular weight excluding hydrogens is 166 g/mol. The van der Waals surface area contributed by atoms with Gasteiger partial charge >= 0.3 is 0 Å². The van der Waals surface area contributed by atoms with Gasteiger partial charge in [-0.3, -0.25) is 0 Å². The predicted octanol–water partition coefficient (Wildman–Crippen LogP) is 1.04. The van der Waals surface area contributed by atoms with Gasteiger partial charge in [0.2, 0.25) is 0 Å². The summed E-state index contributed by atoms with van der Waals surface area (Å²) in [5.41, 5.74) is 0. The molecule has 0 spiro atoms. The normalized spacial score (nSPS) is 30.7. The van der Waals surface area contributed by atoms with Gasteiger partial charge < -0.3 is 14.8 Å². The van der Waals surface area contributed by atoms with Crippen molar-refractivity contribution in [3.05, 3.63) is 0 Å². The van der Waals surface area contributed by atoms with Crippen LogP contribution < -0.4 is 5.32 Å². The molecule has 0 aromatic carbocycles. The van der Waals surface area contributed by atoms with Crippen LogP contribution in [0.2, 0.25) is 0 Å². The smallest absolute Gasteiger partial charge is 0.0667 e. The van der Waals surface area contributed by atoms with Crippen molar-refractivity contribution in [1.82, 2.24) is 5.32 Å². The molecule has 1 N–H and O–H groups in total. The van der Waals surface area contributed by atoms with Crippen molar-refractivity contribution in [3.63, 3.8) is 0 Å². The van der Waals surface area contributed by atoms with Crippen LogP contribution in [0.1, 0.15) is 20.3 Å². The largest absolute Gasteiger partial charge is 0.380 e. The van der Waals surface area contributed by atoms with Gasteiger partial charge in [-0.1, -0.05) is 0 Å². The molecule has 1 saturated heterocycles. The van der Waals surface area contributed by atoms with Gasteiger partial charge in [-0.05, 0) is 26.2 Å². The van der Waals surface area contributed by atoms with Gasteiger partial charge in [0.15, 0.2) is 0 Å². The van der Waals surface area contributed by atoms with Crippen LogP contribution >= 0.6 is 0 Å². The van der Waals surface area contributed by atoms with Crippen LogP contribution in [0.25, 0.3) is 0 Å². The van der Waals surface area contributed by atoms with E-state index in [4.69, 9.17) is 9.47 Å². The number of rotatable bonds is 5. The van der Waals surface area contributed by atoms with Crippen LogP contribution in [-0.2, 0) is 9.47 Å². The molecule has 0 aromatic rings. The molecule has 1 heterocycles. The Labute approximate surface area is 80.8 Å². The Hall–Kier alpha value is -0.120. The fourth-order valence-corrected chi connectivity index (χ4v) is 1.60. The maximum absolute atomic E-state index is 5.48. The van der Waals surface area contributed by atoms with Crippen molar-refractivity contribution in [2.75, 3.05) is 26.8 Å².